The fraction of sp³-hybridized carbons (Fsp3) is 0.400. The Hall–Kier alpha value is -4.18. The molecule has 0 aliphatic carbocycles. The molecule has 1 amide bonds. The maximum Gasteiger partial charge on any atom is 0.265 e. The van der Waals surface area contributed by atoms with Crippen molar-refractivity contribution in [1.29, 1.82) is 5.41 Å². The van der Waals surface area contributed by atoms with Crippen LogP contribution in [0.2, 0.25) is 0 Å². The smallest absolute Gasteiger partial charge is 0.265 e. The SMILES string of the molecule is Cc1cc(-c2cc(Nc3ccc(N4CCN(C)CC4)cn3)ncn2)ccc1CNC(=O)C(=N)CC=NC(C)(C)C. The Morgan fingerprint density at radius 3 is 2.50 bits per heavy atom. The highest BCUT2D eigenvalue weighted by molar-refractivity contribution is 6.39. The van der Waals surface area contributed by atoms with Crippen LogP contribution in [-0.4, -0.2) is 76.5 Å². The number of hydrogen-bond acceptors (Lipinski definition) is 9. The van der Waals surface area contributed by atoms with Crippen LogP contribution >= 0.6 is 0 Å². The molecule has 0 spiro atoms. The Morgan fingerprint density at radius 2 is 1.82 bits per heavy atom. The Balaban J connectivity index is 1.34. The second-order valence-corrected chi connectivity index (χ2v) is 11.1. The number of pyridine rings is 1. The summed E-state index contributed by atoms with van der Waals surface area (Å²) in [4.78, 5) is 34.8. The molecule has 3 N–H and O–H groups in total. The van der Waals surface area contributed by atoms with Crippen LogP contribution in [0.4, 0.5) is 17.3 Å². The van der Waals surface area contributed by atoms with E-state index in [2.05, 4.69) is 53.5 Å². The van der Waals surface area contributed by atoms with E-state index in [-0.39, 0.29) is 23.6 Å². The van der Waals surface area contributed by atoms with E-state index in [9.17, 15) is 4.79 Å². The van der Waals surface area contributed by atoms with E-state index >= 15 is 0 Å². The van der Waals surface area contributed by atoms with Crippen LogP contribution in [0.1, 0.15) is 38.3 Å². The monoisotopic (exact) mass is 541 g/mol. The molecule has 1 saturated heterocycles. The number of anilines is 3. The molecule has 3 aromatic rings. The number of rotatable bonds is 9. The first-order chi connectivity index (χ1) is 19.1. The van der Waals surface area contributed by atoms with Gasteiger partial charge in [0.25, 0.3) is 5.91 Å². The minimum atomic E-state index is -0.388. The lowest BCUT2D eigenvalue weighted by atomic mass is 10.0. The summed E-state index contributed by atoms with van der Waals surface area (Å²) in [5.41, 5.74) is 4.63. The lowest BCUT2D eigenvalue weighted by Gasteiger charge is -2.33. The van der Waals surface area contributed by atoms with Crippen molar-refractivity contribution in [3.05, 3.63) is 60.0 Å². The largest absolute Gasteiger partial charge is 0.368 e. The molecule has 40 heavy (non-hydrogen) atoms. The van der Waals surface area contributed by atoms with Gasteiger partial charge in [-0.15, -0.1) is 0 Å². The van der Waals surface area contributed by atoms with Crippen molar-refractivity contribution in [3.8, 4) is 11.3 Å². The molecule has 0 radical (unpaired) electrons. The second-order valence-electron chi connectivity index (χ2n) is 11.1. The number of nitrogens with one attached hydrogen (secondary N) is 3. The first-order valence-electron chi connectivity index (χ1n) is 13.6. The van der Waals surface area contributed by atoms with Crippen molar-refractivity contribution in [3.63, 3.8) is 0 Å². The summed E-state index contributed by atoms with van der Waals surface area (Å²) in [6.45, 7) is 12.4. The zero-order valence-corrected chi connectivity index (χ0v) is 24.0. The summed E-state index contributed by atoms with van der Waals surface area (Å²) in [5, 5.41) is 14.1. The number of aryl methyl sites for hydroxylation is 1. The van der Waals surface area contributed by atoms with E-state index in [1.165, 1.54) is 6.33 Å². The average molecular weight is 542 g/mol. The summed E-state index contributed by atoms with van der Waals surface area (Å²) in [5.74, 6) is 0.993. The van der Waals surface area contributed by atoms with Crippen molar-refractivity contribution in [2.45, 2.75) is 46.2 Å². The molecule has 1 aromatic carbocycles. The van der Waals surface area contributed by atoms with Gasteiger partial charge in [-0.25, -0.2) is 15.0 Å². The predicted octanol–water partition coefficient (Wildman–Crippen LogP) is 4.24. The number of amides is 1. The lowest BCUT2D eigenvalue weighted by Crippen LogP contribution is -2.44. The summed E-state index contributed by atoms with van der Waals surface area (Å²) >= 11 is 0. The van der Waals surface area contributed by atoms with Gasteiger partial charge in [-0.1, -0.05) is 12.1 Å². The zero-order chi connectivity index (χ0) is 28.7. The Labute approximate surface area is 236 Å². The number of likely N-dealkylation sites (N-methyl/N-ethyl adjacent to an activating group) is 1. The summed E-state index contributed by atoms with van der Waals surface area (Å²) in [6.07, 6.45) is 5.28. The van der Waals surface area contributed by atoms with Crippen LogP contribution in [0.15, 0.2) is 53.9 Å². The summed E-state index contributed by atoms with van der Waals surface area (Å²) < 4.78 is 0. The predicted molar refractivity (Wildman–Crippen MR) is 162 cm³/mol. The minimum absolute atomic E-state index is 0.00764. The van der Waals surface area contributed by atoms with Gasteiger partial charge < -0.3 is 20.4 Å². The van der Waals surface area contributed by atoms with E-state index in [1.54, 1.807) is 6.21 Å². The maximum absolute atomic E-state index is 12.3. The van der Waals surface area contributed by atoms with Crippen molar-refractivity contribution in [2.24, 2.45) is 4.99 Å². The van der Waals surface area contributed by atoms with E-state index in [0.717, 1.165) is 60.1 Å². The number of benzene rings is 1. The van der Waals surface area contributed by atoms with Gasteiger partial charge in [0.1, 0.15) is 23.7 Å². The molecule has 3 heterocycles. The first-order valence-corrected chi connectivity index (χ1v) is 13.6. The molecule has 10 nitrogen and oxygen atoms in total. The number of aliphatic imine (C=N–C) groups is 1. The molecule has 1 aliphatic heterocycles. The molecule has 0 bridgehead atoms. The number of aromatic nitrogens is 3. The van der Waals surface area contributed by atoms with Gasteiger partial charge in [-0.05, 0) is 64.1 Å². The Bertz CT molecular complexity index is 1350. The van der Waals surface area contributed by atoms with Gasteiger partial charge in [0, 0.05) is 57.0 Å². The highest BCUT2D eigenvalue weighted by Crippen LogP contribution is 2.24. The van der Waals surface area contributed by atoms with Crippen molar-refractivity contribution < 1.29 is 4.79 Å². The van der Waals surface area contributed by atoms with Crippen molar-refractivity contribution in [1.82, 2.24) is 25.2 Å². The fourth-order valence-corrected chi connectivity index (χ4v) is 4.27. The van der Waals surface area contributed by atoms with E-state index in [4.69, 9.17) is 5.41 Å². The third kappa shape index (κ3) is 8.16. The van der Waals surface area contributed by atoms with Crippen LogP contribution < -0.4 is 15.5 Å². The summed E-state index contributed by atoms with van der Waals surface area (Å²) in [7, 11) is 2.15. The lowest BCUT2D eigenvalue weighted by molar-refractivity contribution is -0.115. The molecule has 210 valence electrons. The maximum atomic E-state index is 12.3. The number of carbonyl (C=O) groups is 1. The van der Waals surface area contributed by atoms with E-state index in [0.29, 0.717) is 12.4 Å². The second kappa shape index (κ2) is 12.8. The zero-order valence-electron chi connectivity index (χ0n) is 24.0. The minimum Gasteiger partial charge on any atom is -0.368 e. The molecule has 0 unspecified atom stereocenters. The molecule has 1 aliphatic rings. The third-order valence-electron chi connectivity index (χ3n) is 6.67. The van der Waals surface area contributed by atoms with Gasteiger partial charge in [0.15, 0.2) is 0 Å². The first kappa shape index (κ1) is 28.8. The van der Waals surface area contributed by atoms with Gasteiger partial charge in [0.2, 0.25) is 0 Å². The molecular weight excluding hydrogens is 502 g/mol. The van der Waals surface area contributed by atoms with Gasteiger partial charge in [-0.2, -0.15) is 0 Å². The van der Waals surface area contributed by atoms with Crippen molar-refractivity contribution in [2.75, 3.05) is 43.4 Å². The van der Waals surface area contributed by atoms with Crippen molar-refractivity contribution >= 4 is 35.2 Å². The van der Waals surface area contributed by atoms with Crippen LogP contribution in [0.3, 0.4) is 0 Å². The molecule has 10 heteroatoms. The van der Waals surface area contributed by atoms with Crippen LogP contribution in [0.25, 0.3) is 11.3 Å². The van der Waals surface area contributed by atoms with Gasteiger partial charge in [0.05, 0.1) is 23.1 Å². The normalized spacial score (nSPS) is 14.4. The highest BCUT2D eigenvalue weighted by Gasteiger charge is 2.15. The molecule has 0 atom stereocenters. The third-order valence-corrected chi connectivity index (χ3v) is 6.67. The van der Waals surface area contributed by atoms with Gasteiger partial charge in [-0.3, -0.25) is 15.2 Å². The number of hydrogen-bond donors (Lipinski definition) is 3. The average Bonchev–Trinajstić information content (AvgIpc) is 2.92. The van der Waals surface area contributed by atoms with E-state index in [1.807, 2.05) is 64.2 Å². The molecule has 1 fully saturated rings. The fourth-order valence-electron chi connectivity index (χ4n) is 4.27. The topological polar surface area (TPSA) is 122 Å². The molecule has 4 rings (SSSR count). The number of carbonyl (C=O) groups excluding carboxylic acids is 1. The number of nitrogens with zero attached hydrogens (tertiary/aromatic N) is 6. The molecular formula is C30H39N9O. The quantitative estimate of drug-likeness (QED) is 0.346. The Kier molecular flexibility index (Phi) is 9.21. The standard InChI is InChI=1S/C30H39N9O/c1-21-16-22(6-7-23(21)18-33-29(40)25(31)10-11-36-30(2,3)4)26-17-28(35-20-34-26)37-27-9-8-24(19-32-27)39-14-12-38(5)13-15-39/h6-9,11,16-17,19-20,31H,10,12-15,18H2,1-5H3,(H,33,40)(H,32,34,35,37). The molecule has 0 saturated carbocycles. The summed E-state index contributed by atoms with van der Waals surface area (Å²) in [6, 6.07) is 11.9. The molecule has 2 aromatic heterocycles. The van der Waals surface area contributed by atoms with Crippen LogP contribution in [-0.2, 0) is 11.3 Å². The number of piperazine rings is 1. The Morgan fingerprint density at radius 1 is 1.05 bits per heavy atom. The van der Waals surface area contributed by atoms with E-state index < -0.39 is 0 Å². The van der Waals surface area contributed by atoms with Crippen LogP contribution in [0, 0.1) is 12.3 Å². The highest BCUT2D eigenvalue weighted by atomic mass is 16.1. The van der Waals surface area contributed by atoms with Gasteiger partial charge >= 0.3 is 0 Å². The van der Waals surface area contributed by atoms with Crippen LogP contribution in [0.5, 0.6) is 0 Å².